The first-order chi connectivity index (χ1) is 16.2. The van der Waals surface area contributed by atoms with Crippen LogP contribution in [0, 0.1) is 5.82 Å². The number of unbranched alkanes of at least 4 members (excludes halogenated alkanes) is 12. The SMILES string of the molecule is CCCCCCCCCCCCCCCC(=O)Oc1ccc(N=Nc2ccccc2F)cc1. The molecule has 0 atom stereocenters. The van der Waals surface area contributed by atoms with E-state index in [4.69, 9.17) is 4.74 Å². The van der Waals surface area contributed by atoms with Gasteiger partial charge in [-0.1, -0.05) is 96.1 Å². The van der Waals surface area contributed by atoms with Gasteiger partial charge >= 0.3 is 5.97 Å². The Morgan fingerprint density at radius 3 is 1.85 bits per heavy atom. The third-order valence-electron chi connectivity index (χ3n) is 5.68. The van der Waals surface area contributed by atoms with Gasteiger partial charge in [-0.25, -0.2) is 4.39 Å². The normalized spacial score (nSPS) is 11.2. The van der Waals surface area contributed by atoms with Crippen LogP contribution in [0.3, 0.4) is 0 Å². The van der Waals surface area contributed by atoms with Crippen molar-refractivity contribution < 1.29 is 13.9 Å². The molecule has 33 heavy (non-hydrogen) atoms. The molecule has 0 saturated carbocycles. The molecular weight excluding hydrogens is 415 g/mol. The molecular formula is C28H39FN2O2. The number of benzene rings is 2. The molecule has 4 nitrogen and oxygen atoms in total. The summed E-state index contributed by atoms with van der Waals surface area (Å²) in [5.41, 5.74) is 0.750. The highest BCUT2D eigenvalue weighted by Crippen LogP contribution is 2.23. The van der Waals surface area contributed by atoms with Crippen LogP contribution in [-0.2, 0) is 4.79 Å². The maximum atomic E-state index is 13.6. The van der Waals surface area contributed by atoms with E-state index in [0.717, 1.165) is 12.8 Å². The van der Waals surface area contributed by atoms with Gasteiger partial charge in [-0.3, -0.25) is 4.79 Å². The monoisotopic (exact) mass is 454 g/mol. The number of hydrogen-bond acceptors (Lipinski definition) is 4. The van der Waals surface area contributed by atoms with Crippen molar-refractivity contribution in [2.75, 3.05) is 0 Å². The zero-order valence-corrected chi connectivity index (χ0v) is 20.1. The number of nitrogens with zero attached hydrogens (tertiary/aromatic N) is 2. The molecule has 0 saturated heterocycles. The number of ether oxygens (including phenoxy) is 1. The van der Waals surface area contributed by atoms with Gasteiger partial charge in [0.2, 0.25) is 0 Å². The Kier molecular flexibility index (Phi) is 13.7. The first kappa shape index (κ1) is 26.7. The van der Waals surface area contributed by atoms with Crippen molar-refractivity contribution in [3.8, 4) is 5.75 Å². The molecule has 0 unspecified atom stereocenters. The lowest BCUT2D eigenvalue weighted by Crippen LogP contribution is -2.07. The average Bonchev–Trinajstić information content (AvgIpc) is 2.82. The van der Waals surface area contributed by atoms with Crippen LogP contribution in [0.25, 0.3) is 0 Å². The third-order valence-corrected chi connectivity index (χ3v) is 5.68. The van der Waals surface area contributed by atoms with Gasteiger partial charge in [-0.05, 0) is 42.8 Å². The fraction of sp³-hybridized carbons (Fsp3) is 0.536. The predicted octanol–water partition coefficient (Wildman–Crippen LogP) is 9.63. The number of esters is 1. The average molecular weight is 455 g/mol. The van der Waals surface area contributed by atoms with Gasteiger partial charge in [0, 0.05) is 6.42 Å². The fourth-order valence-electron chi connectivity index (χ4n) is 3.69. The van der Waals surface area contributed by atoms with Crippen molar-refractivity contribution in [3.05, 3.63) is 54.3 Å². The smallest absolute Gasteiger partial charge is 0.311 e. The van der Waals surface area contributed by atoms with Gasteiger partial charge in [-0.2, -0.15) is 5.11 Å². The molecule has 2 aromatic rings. The minimum Gasteiger partial charge on any atom is -0.427 e. The van der Waals surface area contributed by atoms with E-state index in [1.807, 2.05) is 0 Å². The second-order valence-electron chi connectivity index (χ2n) is 8.61. The van der Waals surface area contributed by atoms with E-state index in [1.54, 1.807) is 42.5 Å². The molecule has 0 aliphatic heterocycles. The van der Waals surface area contributed by atoms with E-state index in [0.29, 0.717) is 17.9 Å². The molecule has 0 heterocycles. The molecule has 0 N–H and O–H groups in total. The van der Waals surface area contributed by atoms with Crippen LogP contribution >= 0.6 is 0 Å². The molecule has 180 valence electrons. The highest BCUT2D eigenvalue weighted by Gasteiger charge is 2.05. The Hall–Kier alpha value is -2.56. The lowest BCUT2D eigenvalue weighted by atomic mass is 10.0. The summed E-state index contributed by atoms with van der Waals surface area (Å²) in [5.74, 6) is -0.140. The lowest BCUT2D eigenvalue weighted by Gasteiger charge is -2.05. The molecule has 0 spiro atoms. The van der Waals surface area contributed by atoms with Crippen molar-refractivity contribution >= 4 is 17.3 Å². The molecule has 0 fully saturated rings. The van der Waals surface area contributed by atoms with Gasteiger partial charge < -0.3 is 4.74 Å². The second kappa shape index (κ2) is 17.0. The molecule has 2 aromatic carbocycles. The van der Waals surface area contributed by atoms with Crippen LogP contribution in [0.1, 0.15) is 96.8 Å². The van der Waals surface area contributed by atoms with Crippen LogP contribution in [0.2, 0.25) is 0 Å². The van der Waals surface area contributed by atoms with Gasteiger partial charge in [0.1, 0.15) is 11.4 Å². The van der Waals surface area contributed by atoms with Gasteiger partial charge in [0.05, 0.1) is 5.69 Å². The Balaban J connectivity index is 1.50. The molecule has 0 amide bonds. The van der Waals surface area contributed by atoms with E-state index in [-0.39, 0.29) is 11.7 Å². The first-order valence-electron chi connectivity index (χ1n) is 12.7. The standard InChI is InChI=1S/C28H39FN2O2/c1-2-3-4-5-6-7-8-9-10-11-12-13-14-19-28(32)33-25-22-20-24(21-23-25)30-31-27-18-16-15-17-26(27)29/h15-18,20-23H,2-14,19H2,1H3. The Morgan fingerprint density at radius 2 is 1.27 bits per heavy atom. The molecule has 0 bridgehead atoms. The number of azo groups is 1. The topological polar surface area (TPSA) is 51.0 Å². The zero-order valence-electron chi connectivity index (χ0n) is 20.1. The number of halogens is 1. The largest absolute Gasteiger partial charge is 0.427 e. The number of carbonyl (C=O) groups excluding carboxylic acids is 1. The maximum Gasteiger partial charge on any atom is 0.311 e. The van der Waals surface area contributed by atoms with Crippen molar-refractivity contribution in [2.24, 2.45) is 10.2 Å². The summed E-state index contributed by atoms with van der Waals surface area (Å²) in [6.07, 6.45) is 17.1. The molecule has 0 aliphatic rings. The van der Waals surface area contributed by atoms with E-state index in [9.17, 15) is 9.18 Å². The highest BCUT2D eigenvalue weighted by atomic mass is 19.1. The Morgan fingerprint density at radius 1 is 0.727 bits per heavy atom. The highest BCUT2D eigenvalue weighted by molar-refractivity contribution is 5.72. The summed E-state index contributed by atoms with van der Waals surface area (Å²) in [6.45, 7) is 2.26. The molecule has 0 radical (unpaired) electrons. The van der Waals surface area contributed by atoms with Gasteiger partial charge in [-0.15, -0.1) is 5.11 Å². The summed E-state index contributed by atoms with van der Waals surface area (Å²) in [6, 6.07) is 13.0. The molecule has 2 rings (SSSR count). The van der Waals surface area contributed by atoms with Crippen molar-refractivity contribution in [2.45, 2.75) is 96.8 Å². The quantitative estimate of drug-likeness (QED) is 0.103. The molecule has 5 heteroatoms. The summed E-state index contributed by atoms with van der Waals surface area (Å²) >= 11 is 0. The van der Waals surface area contributed by atoms with Crippen LogP contribution < -0.4 is 4.74 Å². The van der Waals surface area contributed by atoms with Gasteiger partial charge in [0.15, 0.2) is 5.82 Å². The molecule has 0 aromatic heterocycles. The van der Waals surface area contributed by atoms with E-state index >= 15 is 0 Å². The fourth-order valence-corrected chi connectivity index (χ4v) is 3.69. The summed E-state index contributed by atoms with van der Waals surface area (Å²) in [5, 5.41) is 7.93. The Labute approximate surface area is 198 Å². The van der Waals surface area contributed by atoms with E-state index < -0.39 is 5.82 Å². The van der Waals surface area contributed by atoms with Gasteiger partial charge in [0.25, 0.3) is 0 Å². The van der Waals surface area contributed by atoms with Crippen molar-refractivity contribution in [3.63, 3.8) is 0 Å². The maximum absolute atomic E-state index is 13.6. The van der Waals surface area contributed by atoms with Crippen LogP contribution in [0.15, 0.2) is 58.8 Å². The lowest BCUT2D eigenvalue weighted by molar-refractivity contribution is -0.134. The van der Waals surface area contributed by atoms with E-state index in [1.165, 1.54) is 76.7 Å². The second-order valence-corrected chi connectivity index (χ2v) is 8.61. The third kappa shape index (κ3) is 12.3. The van der Waals surface area contributed by atoms with Crippen molar-refractivity contribution in [1.82, 2.24) is 0 Å². The minimum absolute atomic E-state index is 0.186. The molecule has 0 aliphatic carbocycles. The van der Waals surface area contributed by atoms with Crippen LogP contribution in [-0.4, -0.2) is 5.97 Å². The summed E-state index contributed by atoms with van der Waals surface area (Å²) in [7, 11) is 0. The number of hydrogen-bond donors (Lipinski definition) is 0. The zero-order chi connectivity index (χ0) is 23.6. The number of carbonyl (C=O) groups is 1. The summed E-state index contributed by atoms with van der Waals surface area (Å²) < 4.78 is 19.0. The minimum atomic E-state index is -0.417. The van der Waals surface area contributed by atoms with E-state index in [2.05, 4.69) is 17.2 Å². The van der Waals surface area contributed by atoms with Crippen LogP contribution in [0.5, 0.6) is 5.75 Å². The first-order valence-corrected chi connectivity index (χ1v) is 12.7. The predicted molar refractivity (Wildman–Crippen MR) is 133 cm³/mol. The number of rotatable bonds is 17. The van der Waals surface area contributed by atoms with Crippen LogP contribution in [0.4, 0.5) is 15.8 Å². The van der Waals surface area contributed by atoms with Crippen molar-refractivity contribution in [1.29, 1.82) is 0 Å². The Bertz CT molecular complexity index is 821. The summed E-state index contributed by atoms with van der Waals surface area (Å²) in [4.78, 5) is 12.0.